The normalized spacial score (nSPS) is 13.8. The van der Waals surface area contributed by atoms with Crippen LogP contribution in [0.25, 0.3) is 16.0 Å². The van der Waals surface area contributed by atoms with E-state index in [2.05, 4.69) is 97.7 Å². The highest BCUT2D eigenvalue weighted by Crippen LogP contribution is 2.40. The maximum atomic E-state index is 2.32. The summed E-state index contributed by atoms with van der Waals surface area (Å²) < 4.78 is 0. The SMILES string of the molecule is Cc1cc(-c2ccccc2)cc(C)c1C1=CN(c2ccccc2)CS1. The highest BCUT2D eigenvalue weighted by molar-refractivity contribution is 8.08. The molecule has 0 amide bonds. The molecule has 3 aromatic rings. The summed E-state index contributed by atoms with van der Waals surface area (Å²) in [5.41, 5.74) is 7.88. The van der Waals surface area contributed by atoms with Crippen LogP contribution in [0.2, 0.25) is 0 Å². The van der Waals surface area contributed by atoms with Crippen molar-refractivity contribution in [3.8, 4) is 11.1 Å². The highest BCUT2D eigenvalue weighted by Gasteiger charge is 2.19. The number of hydrogen-bond donors (Lipinski definition) is 0. The number of anilines is 1. The summed E-state index contributed by atoms with van der Waals surface area (Å²) in [5.74, 6) is 0.971. The van der Waals surface area contributed by atoms with Crippen LogP contribution >= 0.6 is 11.8 Å². The van der Waals surface area contributed by atoms with Crippen LogP contribution in [-0.4, -0.2) is 5.88 Å². The van der Waals surface area contributed by atoms with Crippen LogP contribution in [0, 0.1) is 13.8 Å². The molecule has 0 N–H and O–H groups in total. The van der Waals surface area contributed by atoms with Gasteiger partial charge in [0, 0.05) is 16.8 Å². The molecule has 0 radical (unpaired) electrons. The maximum absolute atomic E-state index is 2.32. The average molecular weight is 343 g/mol. The number of para-hydroxylation sites is 1. The number of thioether (sulfide) groups is 1. The molecular formula is C23H21NS. The lowest BCUT2D eigenvalue weighted by Gasteiger charge is -2.14. The minimum absolute atomic E-state index is 0.971. The van der Waals surface area contributed by atoms with E-state index in [1.165, 1.54) is 38.4 Å². The van der Waals surface area contributed by atoms with Crippen LogP contribution in [0.4, 0.5) is 5.69 Å². The summed E-state index contributed by atoms with van der Waals surface area (Å²) in [5, 5.41) is 0. The molecule has 0 saturated heterocycles. The summed E-state index contributed by atoms with van der Waals surface area (Å²) in [6.45, 7) is 4.45. The van der Waals surface area contributed by atoms with Crippen molar-refractivity contribution in [3.63, 3.8) is 0 Å². The van der Waals surface area contributed by atoms with Crippen LogP contribution in [0.3, 0.4) is 0 Å². The van der Waals surface area contributed by atoms with Crippen LogP contribution < -0.4 is 4.90 Å². The topological polar surface area (TPSA) is 3.24 Å². The van der Waals surface area contributed by atoms with Gasteiger partial charge in [0.15, 0.2) is 0 Å². The second-order valence-electron chi connectivity index (χ2n) is 6.42. The van der Waals surface area contributed by atoms with Crippen LogP contribution in [0.1, 0.15) is 16.7 Å². The molecule has 0 bridgehead atoms. The summed E-state index contributed by atoms with van der Waals surface area (Å²) >= 11 is 1.92. The molecule has 0 saturated carbocycles. The van der Waals surface area contributed by atoms with E-state index in [0.29, 0.717) is 0 Å². The molecule has 0 spiro atoms. The van der Waals surface area contributed by atoms with E-state index < -0.39 is 0 Å². The van der Waals surface area contributed by atoms with Gasteiger partial charge in [-0.05, 0) is 53.8 Å². The Morgan fingerprint density at radius 2 is 1.36 bits per heavy atom. The fourth-order valence-electron chi connectivity index (χ4n) is 3.41. The molecule has 0 aromatic heterocycles. The van der Waals surface area contributed by atoms with E-state index in [9.17, 15) is 0 Å². The van der Waals surface area contributed by atoms with Gasteiger partial charge in [0.05, 0.1) is 5.88 Å². The fourth-order valence-corrected chi connectivity index (χ4v) is 4.58. The number of benzene rings is 3. The molecule has 124 valence electrons. The molecule has 3 aromatic carbocycles. The molecule has 1 aliphatic rings. The summed E-state index contributed by atoms with van der Waals surface area (Å²) in [6, 6.07) is 25.8. The third-order valence-electron chi connectivity index (χ3n) is 4.61. The molecule has 1 heterocycles. The molecule has 25 heavy (non-hydrogen) atoms. The van der Waals surface area contributed by atoms with Gasteiger partial charge in [0.2, 0.25) is 0 Å². The maximum Gasteiger partial charge on any atom is 0.0730 e. The van der Waals surface area contributed by atoms with Crippen molar-refractivity contribution < 1.29 is 0 Å². The first kappa shape index (κ1) is 16.0. The fraction of sp³-hybridized carbons (Fsp3) is 0.130. The van der Waals surface area contributed by atoms with Crippen molar-refractivity contribution in [1.82, 2.24) is 0 Å². The van der Waals surface area contributed by atoms with Gasteiger partial charge in [0.25, 0.3) is 0 Å². The van der Waals surface area contributed by atoms with E-state index >= 15 is 0 Å². The van der Waals surface area contributed by atoms with E-state index in [0.717, 1.165) is 5.88 Å². The van der Waals surface area contributed by atoms with Gasteiger partial charge in [-0.2, -0.15) is 0 Å². The van der Waals surface area contributed by atoms with Gasteiger partial charge in [-0.25, -0.2) is 0 Å². The third-order valence-corrected chi connectivity index (χ3v) is 5.63. The third kappa shape index (κ3) is 3.22. The molecule has 4 rings (SSSR count). The molecule has 1 nitrogen and oxygen atoms in total. The van der Waals surface area contributed by atoms with Gasteiger partial charge < -0.3 is 4.90 Å². The number of nitrogens with zero attached hydrogens (tertiary/aromatic N) is 1. The van der Waals surface area contributed by atoms with Gasteiger partial charge in [-0.15, -0.1) is 11.8 Å². The molecule has 2 heteroatoms. The Balaban J connectivity index is 1.70. The largest absolute Gasteiger partial charge is 0.337 e. The summed E-state index contributed by atoms with van der Waals surface area (Å²) in [6.07, 6.45) is 2.29. The molecule has 0 atom stereocenters. The quantitative estimate of drug-likeness (QED) is 0.535. The van der Waals surface area contributed by atoms with Crippen molar-refractivity contribution in [3.05, 3.63) is 95.7 Å². The van der Waals surface area contributed by atoms with Crippen molar-refractivity contribution in [1.29, 1.82) is 0 Å². The first-order valence-corrected chi connectivity index (χ1v) is 9.54. The average Bonchev–Trinajstić information content (AvgIpc) is 3.12. The summed E-state index contributed by atoms with van der Waals surface area (Å²) in [4.78, 5) is 3.68. The molecule has 0 aliphatic carbocycles. The van der Waals surface area contributed by atoms with E-state index in [-0.39, 0.29) is 0 Å². The Morgan fingerprint density at radius 1 is 0.760 bits per heavy atom. The Kier molecular flexibility index (Phi) is 4.37. The van der Waals surface area contributed by atoms with Crippen molar-refractivity contribution in [2.24, 2.45) is 0 Å². The van der Waals surface area contributed by atoms with Gasteiger partial charge in [0.1, 0.15) is 0 Å². The zero-order valence-electron chi connectivity index (χ0n) is 14.6. The monoisotopic (exact) mass is 343 g/mol. The second kappa shape index (κ2) is 6.81. The molecule has 0 unspecified atom stereocenters. The molecular weight excluding hydrogens is 322 g/mol. The minimum Gasteiger partial charge on any atom is -0.337 e. The number of rotatable bonds is 3. The Hall–Kier alpha value is -2.45. The summed E-state index contributed by atoms with van der Waals surface area (Å²) in [7, 11) is 0. The number of aryl methyl sites for hydroxylation is 2. The van der Waals surface area contributed by atoms with E-state index in [1.807, 2.05) is 11.8 Å². The van der Waals surface area contributed by atoms with Crippen molar-refractivity contribution in [2.45, 2.75) is 13.8 Å². The lowest BCUT2D eigenvalue weighted by molar-refractivity contribution is 1.19. The van der Waals surface area contributed by atoms with Crippen LogP contribution in [0.15, 0.2) is 79.0 Å². The van der Waals surface area contributed by atoms with Gasteiger partial charge >= 0.3 is 0 Å². The van der Waals surface area contributed by atoms with E-state index in [4.69, 9.17) is 0 Å². The highest BCUT2D eigenvalue weighted by atomic mass is 32.2. The molecule has 1 aliphatic heterocycles. The zero-order chi connectivity index (χ0) is 17.2. The first-order chi connectivity index (χ1) is 12.2. The second-order valence-corrected chi connectivity index (χ2v) is 7.41. The van der Waals surface area contributed by atoms with Crippen molar-refractivity contribution >= 4 is 22.4 Å². The lowest BCUT2D eigenvalue weighted by Crippen LogP contribution is -2.09. The smallest absolute Gasteiger partial charge is 0.0730 e. The Labute approximate surface area is 154 Å². The van der Waals surface area contributed by atoms with Crippen LogP contribution in [-0.2, 0) is 0 Å². The number of hydrogen-bond acceptors (Lipinski definition) is 2. The van der Waals surface area contributed by atoms with E-state index in [1.54, 1.807) is 0 Å². The standard InChI is InChI=1S/C23H21NS/c1-17-13-20(19-9-5-3-6-10-19)14-18(2)23(17)22-15-24(16-25-22)21-11-7-4-8-12-21/h3-15H,16H2,1-2H3. The zero-order valence-corrected chi connectivity index (χ0v) is 15.4. The molecule has 0 fully saturated rings. The lowest BCUT2D eigenvalue weighted by atomic mass is 9.95. The van der Waals surface area contributed by atoms with Gasteiger partial charge in [-0.3, -0.25) is 0 Å². The van der Waals surface area contributed by atoms with Crippen molar-refractivity contribution in [2.75, 3.05) is 10.8 Å². The first-order valence-electron chi connectivity index (χ1n) is 8.56. The minimum atomic E-state index is 0.971. The Bertz CT molecular complexity index is 890. The van der Waals surface area contributed by atoms with Gasteiger partial charge in [-0.1, -0.05) is 60.7 Å². The predicted octanol–water partition coefficient (Wildman–Crippen LogP) is 6.48. The Morgan fingerprint density at radius 3 is 2.00 bits per heavy atom. The predicted molar refractivity (Wildman–Crippen MR) is 111 cm³/mol. The van der Waals surface area contributed by atoms with Crippen LogP contribution in [0.5, 0.6) is 0 Å².